The van der Waals surface area contributed by atoms with Gasteiger partial charge in [-0.1, -0.05) is 13.0 Å². The van der Waals surface area contributed by atoms with Gasteiger partial charge in [0.05, 0.1) is 0 Å². The van der Waals surface area contributed by atoms with Gasteiger partial charge in [-0.2, -0.15) is 0 Å². The second kappa shape index (κ2) is 4.45. The van der Waals surface area contributed by atoms with Crippen molar-refractivity contribution in [2.75, 3.05) is 11.9 Å². The van der Waals surface area contributed by atoms with Crippen LogP contribution in [0.15, 0.2) is 23.1 Å². The summed E-state index contributed by atoms with van der Waals surface area (Å²) < 4.78 is 0. The third-order valence-electron chi connectivity index (χ3n) is 2.91. The predicted octanol–water partition coefficient (Wildman–Crippen LogP) is 2.48. The van der Waals surface area contributed by atoms with Crippen LogP contribution < -0.4 is 11.1 Å². The first kappa shape index (κ1) is 10.8. The molecule has 0 saturated carbocycles. The maximum atomic E-state index is 5.76. The van der Waals surface area contributed by atoms with E-state index in [0.717, 1.165) is 13.0 Å². The topological polar surface area (TPSA) is 38.0 Å². The quantitative estimate of drug-likeness (QED) is 0.807. The lowest BCUT2D eigenvalue weighted by molar-refractivity contribution is 0.723. The van der Waals surface area contributed by atoms with E-state index in [4.69, 9.17) is 5.73 Å². The molecule has 0 aromatic heterocycles. The molecular formula is C12H18N2S. The van der Waals surface area contributed by atoms with Gasteiger partial charge in [-0.05, 0) is 31.0 Å². The van der Waals surface area contributed by atoms with Crippen LogP contribution in [0, 0.1) is 0 Å². The summed E-state index contributed by atoms with van der Waals surface area (Å²) in [4.78, 5) is 1.35. The van der Waals surface area contributed by atoms with Crippen LogP contribution in [0.3, 0.4) is 0 Å². The maximum Gasteiger partial charge on any atom is 0.0481 e. The van der Waals surface area contributed by atoms with Crippen LogP contribution in [0.1, 0.15) is 19.4 Å². The lowest BCUT2D eigenvalue weighted by Gasteiger charge is -2.31. The summed E-state index contributed by atoms with van der Waals surface area (Å²) in [6.07, 6.45) is 1.09. The summed E-state index contributed by atoms with van der Waals surface area (Å²) in [5, 5.41) is 4.00. The number of anilines is 1. The number of benzene rings is 1. The van der Waals surface area contributed by atoms with Gasteiger partial charge in [-0.25, -0.2) is 0 Å². The fourth-order valence-corrected chi connectivity index (χ4v) is 3.03. The Labute approximate surface area is 95.6 Å². The number of nitrogens with one attached hydrogen (secondary N) is 1. The van der Waals surface area contributed by atoms with Crippen LogP contribution in [-0.4, -0.2) is 17.8 Å². The number of rotatable bonds is 2. The Morgan fingerprint density at radius 1 is 1.47 bits per heavy atom. The van der Waals surface area contributed by atoms with E-state index in [1.165, 1.54) is 16.1 Å². The van der Waals surface area contributed by atoms with Crippen molar-refractivity contribution in [2.24, 2.45) is 5.73 Å². The molecule has 3 heteroatoms. The predicted molar refractivity (Wildman–Crippen MR) is 67.6 cm³/mol. The summed E-state index contributed by atoms with van der Waals surface area (Å²) in [5.41, 5.74) is 8.42. The molecule has 0 aliphatic carbocycles. The third-order valence-corrected chi connectivity index (χ3v) is 4.40. The monoisotopic (exact) mass is 222 g/mol. The van der Waals surface area contributed by atoms with E-state index in [-0.39, 0.29) is 0 Å². The normalized spacial score (nSPS) is 24.5. The van der Waals surface area contributed by atoms with Crippen LogP contribution in [0.2, 0.25) is 0 Å². The number of nitrogens with two attached hydrogens (primary N) is 1. The van der Waals surface area contributed by atoms with Gasteiger partial charge in [-0.15, -0.1) is 11.8 Å². The Hall–Kier alpha value is -0.670. The van der Waals surface area contributed by atoms with Crippen LogP contribution in [0.4, 0.5) is 5.69 Å². The summed E-state index contributed by atoms with van der Waals surface area (Å²) in [6.45, 7) is 5.11. The molecule has 1 aliphatic rings. The average molecular weight is 222 g/mol. The number of aryl methyl sites for hydroxylation is 1. The maximum absolute atomic E-state index is 5.76. The van der Waals surface area contributed by atoms with E-state index in [2.05, 4.69) is 37.4 Å². The average Bonchev–Trinajstić information content (AvgIpc) is 2.27. The fraction of sp³-hybridized carbons (Fsp3) is 0.500. The highest BCUT2D eigenvalue weighted by atomic mass is 32.2. The van der Waals surface area contributed by atoms with Crippen LogP contribution >= 0.6 is 11.8 Å². The second-order valence-corrected chi connectivity index (χ2v) is 5.29. The molecule has 1 heterocycles. The van der Waals surface area contributed by atoms with E-state index >= 15 is 0 Å². The molecule has 1 aliphatic heterocycles. The molecule has 2 rings (SSSR count). The minimum Gasteiger partial charge on any atom is -0.381 e. The molecule has 0 fully saturated rings. The molecule has 2 unspecified atom stereocenters. The van der Waals surface area contributed by atoms with E-state index < -0.39 is 0 Å². The van der Waals surface area contributed by atoms with Gasteiger partial charge in [0, 0.05) is 28.4 Å². The SMILES string of the molecule is CCc1ccc2c(c1)SC(CN)C(C)N2. The van der Waals surface area contributed by atoms with Crippen LogP contribution in [0.25, 0.3) is 0 Å². The van der Waals surface area contributed by atoms with E-state index in [1.807, 2.05) is 11.8 Å². The molecule has 0 saturated heterocycles. The molecule has 0 spiro atoms. The minimum absolute atomic E-state index is 0.458. The molecule has 1 aromatic rings. The van der Waals surface area contributed by atoms with E-state index in [1.54, 1.807) is 0 Å². The Morgan fingerprint density at radius 3 is 2.93 bits per heavy atom. The van der Waals surface area contributed by atoms with Gasteiger partial charge in [0.25, 0.3) is 0 Å². The number of fused-ring (bicyclic) bond motifs is 1. The standard InChI is InChI=1S/C12H18N2S/c1-3-9-4-5-10-11(6-9)15-12(7-13)8(2)14-10/h4-6,8,12,14H,3,7,13H2,1-2H3. The summed E-state index contributed by atoms with van der Waals surface area (Å²) in [6, 6.07) is 7.12. The smallest absolute Gasteiger partial charge is 0.0481 e. The molecule has 15 heavy (non-hydrogen) atoms. The van der Waals surface area contributed by atoms with Crippen molar-refractivity contribution in [2.45, 2.75) is 36.5 Å². The summed E-state index contributed by atoms with van der Waals surface area (Å²) >= 11 is 1.91. The first-order valence-corrected chi connectivity index (χ1v) is 6.38. The van der Waals surface area contributed by atoms with Gasteiger partial charge in [0.2, 0.25) is 0 Å². The number of hydrogen-bond acceptors (Lipinski definition) is 3. The van der Waals surface area contributed by atoms with Gasteiger partial charge in [0.1, 0.15) is 0 Å². The van der Waals surface area contributed by atoms with Gasteiger partial charge in [-0.3, -0.25) is 0 Å². The number of hydrogen-bond donors (Lipinski definition) is 2. The lowest BCUT2D eigenvalue weighted by Crippen LogP contribution is -2.37. The van der Waals surface area contributed by atoms with E-state index in [0.29, 0.717) is 11.3 Å². The first-order valence-electron chi connectivity index (χ1n) is 5.50. The van der Waals surface area contributed by atoms with E-state index in [9.17, 15) is 0 Å². The zero-order valence-corrected chi connectivity index (χ0v) is 10.1. The Balaban J connectivity index is 2.29. The molecule has 3 N–H and O–H groups in total. The second-order valence-electron chi connectivity index (χ2n) is 4.01. The van der Waals surface area contributed by atoms with Crippen molar-refractivity contribution in [3.8, 4) is 0 Å². The Morgan fingerprint density at radius 2 is 2.27 bits per heavy atom. The molecule has 0 radical (unpaired) electrons. The summed E-state index contributed by atoms with van der Waals surface area (Å²) in [5.74, 6) is 0. The van der Waals surface area contributed by atoms with Gasteiger partial charge >= 0.3 is 0 Å². The third kappa shape index (κ3) is 2.13. The van der Waals surface area contributed by atoms with Crippen molar-refractivity contribution < 1.29 is 0 Å². The van der Waals surface area contributed by atoms with Gasteiger partial charge in [0.15, 0.2) is 0 Å². The van der Waals surface area contributed by atoms with Crippen molar-refractivity contribution in [1.29, 1.82) is 0 Å². The summed E-state index contributed by atoms with van der Waals surface area (Å²) in [7, 11) is 0. The van der Waals surface area contributed by atoms with Crippen LogP contribution in [-0.2, 0) is 6.42 Å². The molecule has 2 nitrogen and oxygen atoms in total. The van der Waals surface area contributed by atoms with Crippen LogP contribution in [0.5, 0.6) is 0 Å². The molecular weight excluding hydrogens is 204 g/mol. The zero-order valence-electron chi connectivity index (χ0n) is 9.29. The molecule has 2 atom stereocenters. The minimum atomic E-state index is 0.458. The fourth-order valence-electron chi connectivity index (χ4n) is 1.86. The highest BCUT2D eigenvalue weighted by molar-refractivity contribution is 8.00. The molecule has 82 valence electrons. The van der Waals surface area contributed by atoms with Crippen molar-refractivity contribution in [1.82, 2.24) is 0 Å². The Kier molecular flexibility index (Phi) is 3.22. The largest absolute Gasteiger partial charge is 0.381 e. The lowest BCUT2D eigenvalue weighted by atomic mass is 10.1. The molecule has 0 bridgehead atoms. The van der Waals surface area contributed by atoms with Crippen molar-refractivity contribution >= 4 is 17.4 Å². The highest BCUT2D eigenvalue weighted by Gasteiger charge is 2.24. The molecule has 0 amide bonds. The number of thioether (sulfide) groups is 1. The highest BCUT2D eigenvalue weighted by Crippen LogP contribution is 2.37. The zero-order chi connectivity index (χ0) is 10.8. The van der Waals surface area contributed by atoms with Crippen molar-refractivity contribution in [3.63, 3.8) is 0 Å². The molecule has 1 aromatic carbocycles. The Bertz CT molecular complexity index is 351. The van der Waals surface area contributed by atoms with Crippen molar-refractivity contribution in [3.05, 3.63) is 23.8 Å². The first-order chi connectivity index (χ1) is 7.24. The van der Waals surface area contributed by atoms with Gasteiger partial charge < -0.3 is 11.1 Å².